The van der Waals surface area contributed by atoms with Gasteiger partial charge in [-0.05, 0) is 99.3 Å². The largest absolute Gasteiger partial charge is 0.478 e. The van der Waals surface area contributed by atoms with Crippen LogP contribution in [0.5, 0.6) is 5.75 Å². The summed E-state index contributed by atoms with van der Waals surface area (Å²) < 4.78 is 29.0. The van der Waals surface area contributed by atoms with Gasteiger partial charge in [0.25, 0.3) is 0 Å². The molecule has 2 aromatic carbocycles. The van der Waals surface area contributed by atoms with E-state index in [4.69, 9.17) is 14.6 Å². The van der Waals surface area contributed by atoms with Crippen LogP contribution in [-0.4, -0.2) is 52.8 Å². The molecule has 3 aliphatic rings. The van der Waals surface area contributed by atoms with Gasteiger partial charge in [0.15, 0.2) is 0 Å². The van der Waals surface area contributed by atoms with Crippen molar-refractivity contribution >= 4 is 30.1 Å². The molecule has 0 unspecified atom stereocenters. The fraction of sp³-hybridized carbons (Fsp3) is 0.395. The predicted octanol–water partition coefficient (Wildman–Crippen LogP) is 6.94. The van der Waals surface area contributed by atoms with E-state index in [2.05, 4.69) is 21.1 Å². The first-order valence-electron chi connectivity index (χ1n) is 16.6. The first-order valence-corrected chi connectivity index (χ1v) is 16.6. The molecule has 2 heterocycles. The number of hydrogen-bond donors (Lipinski definition) is 2. The molecule has 2 saturated carbocycles. The lowest BCUT2D eigenvalue weighted by Gasteiger charge is -2.47. The van der Waals surface area contributed by atoms with Gasteiger partial charge in [-0.3, -0.25) is 14.6 Å². The molecule has 6 rings (SSSR count). The molecule has 2 aliphatic carbocycles. The number of ether oxygens (including phenoxy) is 3. The van der Waals surface area contributed by atoms with Crippen LogP contribution in [0.2, 0.25) is 0 Å². The first-order chi connectivity index (χ1) is 23.5. The van der Waals surface area contributed by atoms with Crippen LogP contribution in [0.15, 0.2) is 72.9 Å². The van der Waals surface area contributed by atoms with Gasteiger partial charge in [0.2, 0.25) is 0 Å². The van der Waals surface area contributed by atoms with Crippen molar-refractivity contribution in [2.24, 2.45) is 29.6 Å². The third-order valence-corrected chi connectivity index (χ3v) is 9.55. The van der Waals surface area contributed by atoms with E-state index in [0.29, 0.717) is 18.4 Å². The topological polar surface area (TPSA) is 141 Å². The number of carboxylic acids is 1. The molecule has 258 valence electrons. The summed E-state index contributed by atoms with van der Waals surface area (Å²) in [4.78, 5) is 50.4. The van der Waals surface area contributed by atoms with Crippen LogP contribution < -0.4 is 10.1 Å². The Morgan fingerprint density at radius 3 is 2.55 bits per heavy atom. The highest BCUT2D eigenvalue weighted by molar-refractivity contribution is 5.91. The Bertz CT molecular complexity index is 1690. The maximum absolute atomic E-state index is 13.6. The number of pyridine rings is 1. The van der Waals surface area contributed by atoms with E-state index in [1.54, 1.807) is 31.3 Å². The molecule has 2 N–H and O–H groups in total. The SMILES string of the molecule is CC(=O)Oc1ccccc1C(=O)O.CCOC(=O)N[C@@H]1CC[C@@H]2[C@@H](C1)C[C@H]1C(=O)O[C@H](C)[C@H]1[C@H]2/C=C/c1ccc(-c2cccc(F)c2)cn1. The number of nitrogens with one attached hydrogen (secondary N) is 1. The van der Waals surface area contributed by atoms with Crippen molar-refractivity contribution < 1.29 is 42.9 Å². The highest BCUT2D eigenvalue weighted by atomic mass is 19.1. The van der Waals surface area contributed by atoms with Gasteiger partial charge in [0, 0.05) is 30.6 Å². The third-order valence-electron chi connectivity index (χ3n) is 9.55. The summed E-state index contributed by atoms with van der Waals surface area (Å²) in [6.45, 7) is 5.37. The van der Waals surface area contributed by atoms with Crippen LogP contribution in [0.3, 0.4) is 0 Å². The molecule has 3 aromatic rings. The first kappa shape index (κ1) is 35.3. The van der Waals surface area contributed by atoms with Crippen LogP contribution in [0.1, 0.15) is 62.5 Å². The number of carbonyl (C=O) groups is 4. The average Bonchev–Trinajstić information content (AvgIpc) is 3.35. The summed E-state index contributed by atoms with van der Waals surface area (Å²) in [5.74, 6) is -0.947. The number of aromatic nitrogens is 1. The van der Waals surface area contributed by atoms with Crippen LogP contribution in [0, 0.1) is 35.4 Å². The van der Waals surface area contributed by atoms with Crippen molar-refractivity contribution in [3.63, 3.8) is 0 Å². The molecule has 11 heteroatoms. The minimum Gasteiger partial charge on any atom is -0.478 e. The molecular formula is C38H41FN2O8. The van der Waals surface area contributed by atoms with E-state index in [9.17, 15) is 23.6 Å². The number of halogens is 1. The van der Waals surface area contributed by atoms with Gasteiger partial charge >= 0.3 is 24.0 Å². The Kier molecular flexibility index (Phi) is 11.4. The minimum absolute atomic E-state index is 0.0160. The van der Waals surface area contributed by atoms with Crippen LogP contribution in [0.4, 0.5) is 9.18 Å². The molecule has 3 fully saturated rings. The van der Waals surface area contributed by atoms with Gasteiger partial charge in [-0.1, -0.05) is 36.4 Å². The fourth-order valence-electron chi connectivity index (χ4n) is 7.53. The fourth-order valence-corrected chi connectivity index (χ4v) is 7.53. The van der Waals surface area contributed by atoms with E-state index in [1.165, 1.54) is 31.2 Å². The van der Waals surface area contributed by atoms with Crippen molar-refractivity contribution in [1.29, 1.82) is 0 Å². The predicted molar refractivity (Wildman–Crippen MR) is 179 cm³/mol. The number of aromatic carboxylic acids is 1. The van der Waals surface area contributed by atoms with Crippen molar-refractivity contribution in [2.45, 2.75) is 58.6 Å². The Labute approximate surface area is 284 Å². The maximum Gasteiger partial charge on any atom is 0.407 e. The number of fused-ring (bicyclic) bond motifs is 2. The number of carboxylic acid groups (broad SMARTS) is 1. The second kappa shape index (κ2) is 15.9. The molecule has 7 atom stereocenters. The Balaban J connectivity index is 0.000000304. The Morgan fingerprint density at radius 2 is 1.86 bits per heavy atom. The summed E-state index contributed by atoms with van der Waals surface area (Å²) in [6.07, 6.45) is 9.07. The number of para-hydroxylation sites is 1. The van der Waals surface area contributed by atoms with E-state index in [0.717, 1.165) is 42.5 Å². The van der Waals surface area contributed by atoms with Gasteiger partial charge < -0.3 is 24.6 Å². The number of allylic oxidation sites excluding steroid dienone is 1. The quantitative estimate of drug-likeness (QED) is 0.202. The Morgan fingerprint density at radius 1 is 1.06 bits per heavy atom. The van der Waals surface area contributed by atoms with E-state index in [1.807, 2.05) is 31.2 Å². The number of hydrogen-bond acceptors (Lipinski definition) is 8. The number of benzene rings is 2. The Hall–Kier alpha value is -5.06. The van der Waals surface area contributed by atoms with E-state index >= 15 is 0 Å². The smallest absolute Gasteiger partial charge is 0.407 e. The van der Waals surface area contributed by atoms with Gasteiger partial charge in [-0.15, -0.1) is 0 Å². The minimum atomic E-state index is -1.11. The average molecular weight is 673 g/mol. The van der Waals surface area contributed by atoms with Gasteiger partial charge in [-0.2, -0.15) is 0 Å². The summed E-state index contributed by atoms with van der Waals surface area (Å²) in [5.41, 5.74) is 2.46. The van der Waals surface area contributed by atoms with Gasteiger partial charge in [0.05, 0.1) is 18.2 Å². The second-order valence-corrected chi connectivity index (χ2v) is 12.7. The molecule has 1 aromatic heterocycles. The number of esters is 2. The van der Waals surface area contributed by atoms with Gasteiger partial charge in [0.1, 0.15) is 23.2 Å². The summed E-state index contributed by atoms with van der Waals surface area (Å²) in [6, 6.07) is 16.4. The van der Waals surface area contributed by atoms with Crippen molar-refractivity contribution in [3.05, 3.63) is 90.0 Å². The standard InChI is InChI=1S/C29H33FN2O4.C9H8O4/c1-3-35-29(34)32-23-10-11-24-20(14-23)15-26-27(17(2)36-28(26)33)25(24)12-9-22-8-7-19(16-31-22)18-5-4-6-21(30)13-18;1-6(10)13-8-5-3-2-4-7(8)9(11)12/h4-9,12-13,16-17,20,23-27H,3,10-11,14-15H2,1-2H3,(H,32,34);2-5H,1H3,(H,11,12)/b12-9+;/t17-,20+,23-,24-,25+,26-,27+;/m1./s1. The number of carbonyl (C=O) groups excluding carboxylic acids is 3. The summed E-state index contributed by atoms with van der Waals surface area (Å²) >= 11 is 0. The molecule has 1 saturated heterocycles. The van der Waals surface area contributed by atoms with E-state index < -0.39 is 11.9 Å². The lowest BCUT2D eigenvalue weighted by Crippen LogP contribution is -2.48. The lowest BCUT2D eigenvalue weighted by atomic mass is 9.57. The van der Waals surface area contributed by atoms with Crippen molar-refractivity contribution in [1.82, 2.24) is 10.3 Å². The molecule has 0 bridgehead atoms. The zero-order valence-corrected chi connectivity index (χ0v) is 27.7. The van der Waals surface area contributed by atoms with Crippen LogP contribution >= 0.6 is 0 Å². The number of nitrogens with zero attached hydrogens (tertiary/aromatic N) is 1. The summed E-state index contributed by atoms with van der Waals surface area (Å²) in [7, 11) is 0. The molecular weight excluding hydrogens is 631 g/mol. The second-order valence-electron chi connectivity index (χ2n) is 12.7. The molecule has 1 amide bonds. The third kappa shape index (κ3) is 8.70. The highest BCUT2D eigenvalue weighted by Gasteiger charge is 2.54. The number of alkyl carbamates (subject to hydrolysis) is 1. The zero-order valence-electron chi connectivity index (χ0n) is 27.7. The maximum atomic E-state index is 13.6. The number of amides is 1. The van der Waals surface area contributed by atoms with E-state index in [-0.39, 0.29) is 59.1 Å². The van der Waals surface area contributed by atoms with Gasteiger partial charge in [-0.25, -0.2) is 14.0 Å². The lowest BCUT2D eigenvalue weighted by molar-refractivity contribution is -0.144. The molecule has 1 aliphatic heterocycles. The van der Waals surface area contributed by atoms with Crippen LogP contribution in [0.25, 0.3) is 17.2 Å². The number of rotatable bonds is 7. The molecule has 0 radical (unpaired) electrons. The molecule has 49 heavy (non-hydrogen) atoms. The normalized spacial score (nSPS) is 25.6. The highest BCUT2D eigenvalue weighted by Crippen LogP contribution is 2.53. The molecule has 0 spiro atoms. The molecule has 10 nitrogen and oxygen atoms in total. The van der Waals surface area contributed by atoms with Crippen molar-refractivity contribution in [2.75, 3.05) is 6.61 Å². The number of cyclic esters (lactones) is 1. The monoisotopic (exact) mass is 672 g/mol. The van der Waals surface area contributed by atoms with Crippen LogP contribution in [-0.2, 0) is 19.1 Å². The van der Waals surface area contributed by atoms with Crippen molar-refractivity contribution in [3.8, 4) is 16.9 Å². The zero-order chi connectivity index (χ0) is 35.1. The summed E-state index contributed by atoms with van der Waals surface area (Å²) in [5, 5.41) is 11.7.